The lowest BCUT2D eigenvalue weighted by Gasteiger charge is -2.12. The Morgan fingerprint density at radius 3 is 2.59 bits per heavy atom. The quantitative estimate of drug-likeness (QED) is 0.698. The highest BCUT2D eigenvalue weighted by Crippen LogP contribution is 2.38. The van der Waals surface area contributed by atoms with Gasteiger partial charge < -0.3 is 11.1 Å². The van der Waals surface area contributed by atoms with Crippen LogP contribution in [0.5, 0.6) is 0 Å². The fraction of sp³-hybridized carbons (Fsp3) is 0.167. The summed E-state index contributed by atoms with van der Waals surface area (Å²) in [6.45, 7) is -0.262. The molecule has 9 heteroatoms. The Morgan fingerprint density at radius 1 is 1.15 bits per heavy atom. The third-order valence-corrected chi connectivity index (χ3v) is 4.78. The van der Waals surface area contributed by atoms with Crippen LogP contribution in [-0.4, -0.2) is 23.3 Å². The number of amides is 2. The number of nitrogens with one attached hydrogen (secondary N) is 1. The van der Waals surface area contributed by atoms with Crippen LogP contribution in [0, 0.1) is 0 Å². The average molecular weight is 393 g/mol. The topological polar surface area (TPSA) is 85.1 Å². The molecule has 3 rings (SSSR count). The summed E-state index contributed by atoms with van der Waals surface area (Å²) < 4.78 is 40.5. The first-order valence-corrected chi connectivity index (χ1v) is 8.67. The number of carbonyl (C=O) groups excluding carboxylic acids is 2. The first kappa shape index (κ1) is 18.8. The van der Waals surface area contributed by atoms with Gasteiger partial charge in [0.05, 0.1) is 28.7 Å². The molecule has 1 heterocycles. The number of aromatic nitrogens is 1. The van der Waals surface area contributed by atoms with E-state index in [4.69, 9.17) is 5.73 Å². The summed E-state index contributed by atoms with van der Waals surface area (Å²) in [5, 5.41) is 2.86. The number of carbonyl (C=O) groups is 2. The van der Waals surface area contributed by atoms with Crippen molar-refractivity contribution in [1.82, 2.24) is 10.3 Å². The van der Waals surface area contributed by atoms with Crippen LogP contribution in [0.1, 0.15) is 10.6 Å². The Morgan fingerprint density at radius 2 is 1.89 bits per heavy atom. The lowest BCUT2D eigenvalue weighted by molar-refractivity contribution is -0.137. The molecule has 0 bridgehead atoms. The van der Waals surface area contributed by atoms with E-state index in [9.17, 15) is 22.8 Å². The zero-order chi connectivity index (χ0) is 19.6. The zero-order valence-electron chi connectivity index (χ0n) is 13.8. The molecule has 2 amide bonds. The van der Waals surface area contributed by atoms with Crippen LogP contribution in [0.4, 0.5) is 13.2 Å². The maximum absolute atomic E-state index is 13.2. The molecular weight excluding hydrogens is 379 g/mol. The number of hydrogen-bond acceptors (Lipinski definition) is 4. The van der Waals surface area contributed by atoms with E-state index >= 15 is 0 Å². The number of halogens is 3. The predicted octanol–water partition coefficient (Wildman–Crippen LogP) is 3.13. The molecule has 3 aromatic rings. The number of benzene rings is 2. The number of rotatable bonds is 5. The number of nitrogens with two attached hydrogens (primary N) is 1. The van der Waals surface area contributed by atoms with Gasteiger partial charge in [-0.15, -0.1) is 11.3 Å². The molecule has 140 valence electrons. The molecule has 3 N–H and O–H groups in total. The zero-order valence-corrected chi connectivity index (χ0v) is 14.7. The molecule has 0 saturated heterocycles. The summed E-state index contributed by atoms with van der Waals surface area (Å²) >= 11 is 1.26. The second-order valence-electron chi connectivity index (χ2n) is 5.75. The van der Waals surface area contributed by atoms with E-state index in [0.717, 1.165) is 10.8 Å². The van der Waals surface area contributed by atoms with E-state index in [2.05, 4.69) is 10.3 Å². The van der Waals surface area contributed by atoms with Gasteiger partial charge in [0.2, 0.25) is 11.8 Å². The highest BCUT2D eigenvalue weighted by atomic mass is 32.1. The molecule has 5 nitrogen and oxygen atoms in total. The normalized spacial score (nSPS) is 11.5. The van der Waals surface area contributed by atoms with Crippen molar-refractivity contribution >= 4 is 33.4 Å². The summed E-state index contributed by atoms with van der Waals surface area (Å²) in [6.07, 6.45) is -4.50. The van der Waals surface area contributed by atoms with Crippen molar-refractivity contribution in [3.05, 3.63) is 53.0 Å². The van der Waals surface area contributed by atoms with Gasteiger partial charge in [-0.1, -0.05) is 24.3 Å². The van der Waals surface area contributed by atoms with E-state index < -0.39 is 23.6 Å². The van der Waals surface area contributed by atoms with Gasteiger partial charge in [0.25, 0.3) is 0 Å². The molecule has 2 aromatic carbocycles. The molecule has 27 heavy (non-hydrogen) atoms. The highest BCUT2D eigenvalue weighted by molar-refractivity contribution is 7.18. The van der Waals surface area contributed by atoms with Crippen LogP contribution in [0.3, 0.4) is 0 Å². The summed E-state index contributed by atoms with van der Waals surface area (Å²) in [7, 11) is 0. The molecule has 0 aliphatic heterocycles. The maximum atomic E-state index is 13.2. The molecule has 0 aliphatic rings. The van der Waals surface area contributed by atoms with Crippen LogP contribution < -0.4 is 11.1 Å². The van der Waals surface area contributed by atoms with Gasteiger partial charge in [-0.3, -0.25) is 9.59 Å². The standard InChI is InChI=1S/C18H14F3N3O2S/c19-18(20,21)12-4-2-1-3-11(12)10-5-6-14-13(7-10)24-17(27-14)8-16(26)23-9-15(22)25/h1-7H,8-9H2,(H2,22,25)(H,23,26). The third kappa shape index (κ3) is 4.43. The van der Waals surface area contributed by atoms with Gasteiger partial charge in [0, 0.05) is 0 Å². The molecule has 1 aromatic heterocycles. The van der Waals surface area contributed by atoms with Gasteiger partial charge in [0.15, 0.2) is 0 Å². The van der Waals surface area contributed by atoms with E-state index in [1.165, 1.54) is 23.5 Å². The van der Waals surface area contributed by atoms with Crippen molar-refractivity contribution in [2.75, 3.05) is 6.54 Å². The Labute approximate surface area is 156 Å². The van der Waals surface area contributed by atoms with Crippen molar-refractivity contribution in [2.45, 2.75) is 12.6 Å². The van der Waals surface area contributed by atoms with Crippen LogP contribution in [0.2, 0.25) is 0 Å². The van der Waals surface area contributed by atoms with Gasteiger partial charge in [-0.25, -0.2) is 4.98 Å². The number of thiazole rings is 1. The maximum Gasteiger partial charge on any atom is 0.417 e. The Kier molecular flexibility index (Phi) is 5.13. The monoisotopic (exact) mass is 393 g/mol. The minimum absolute atomic E-state index is 0.0406. The summed E-state index contributed by atoms with van der Waals surface area (Å²) in [5.74, 6) is -1.06. The molecule has 0 atom stereocenters. The first-order chi connectivity index (χ1) is 12.7. The lowest BCUT2D eigenvalue weighted by atomic mass is 9.99. The molecule has 0 aliphatic carbocycles. The molecule has 0 fully saturated rings. The minimum Gasteiger partial charge on any atom is -0.368 e. The fourth-order valence-electron chi connectivity index (χ4n) is 2.59. The predicted molar refractivity (Wildman–Crippen MR) is 96.0 cm³/mol. The molecule has 0 radical (unpaired) electrons. The van der Waals surface area contributed by atoms with Gasteiger partial charge in [-0.05, 0) is 29.3 Å². The van der Waals surface area contributed by atoms with Gasteiger partial charge >= 0.3 is 6.18 Å². The second-order valence-corrected chi connectivity index (χ2v) is 6.87. The third-order valence-electron chi connectivity index (χ3n) is 3.75. The number of primary amides is 1. The molecule has 0 saturated carbocycles. The van der Waals surface area contributed by atoms with E-state index in [1.807, 2.05) is 0 Å². The molecule has 0 spiro atoms. The number of nitrogens with zero attached hydrogens (tertiary/aromatic N) is 1. The SMILES string of the molecule is NC(=O)CNC(=O)Cc1nc2cc(-c3ccccc3C(F)(F)F)ccc2s1. The summed E-state index contributed by atoms with van der Waals surface area (Å²) in [6, 6.07) is 10.2. The first-order valence-electron chi connectivity index (χ1n) is 7.85. The van der Waals surface area contributed by atoms with Crippen LogP contribution in [-0.2, 0) is 22.2 Å². The number of hydrogen-bond donors (Lipinski definition) is 2. The van der Waals surface area contributed by atoms with Crippen molar-refractivity contribution in [2.24, 2.45) is 5.73 Å². The van der Waals surface area contributed by atoms with Crippen LogP contribution in [0.15, 0.2) is 42.5 Å². The van der Waals surface area contributed by atoms with E-state index in [0.29, 0.717) is 16.1 Å². The van der Waals surface area contributed by atoms with Crippen molar-refractivity contribution in [1.29, 1.82) is 0 Å². The van der Waals surface area contributed by atoms with Crippen LogP contribution in [0.25, 0.3) is 21.3 Å². The van der Waals surface area contributed by atoms with E-state index in [-0.39, 0.29) is 18.5 Å². The smallest absolute Gasteiger partial charge is 0.368 e. The summed E-state index contributed by atoms with van der Waals surface area (Å²) in [5.41, 5.74) is 5.22. The van der Waals surface area contributed by atoms with Gasteiger partial charge in [0.1, 0.15) is 5.01 Å². The van der Waals surface area contributed by atoms with Crippen molar-refractivity contribution < 1.29 is 22.8 Å². The average Bonchev–Trinajstić information content (AvgIpc) is 3.00. The van der Waals surface area contributed by atoms with Crippen molar-refractivity contribution in [3.63, 3.8) is 0 Å². The Hall–Kier alpha value is -2.94. The largest absolute Gasteiger partial charge is 0.417 e. The lowest BCUT2D eigenvalue weighted by Crippen LogP contribution is -2.34. The molecular formula is C18H14F3N3O2S. The Bertz CT molecular complexity index is 1010. The minimum atomic E-state index is -4.46. The highest BCUT2D eigenvalue weighted by Gasteiger charge is 2.33. The summed E-state index contributed by atoms with van der Waals surface area (Å²) in [4.78, 5) is 26.8. The fourth-order valence-corrected chi connectivity index (χ4v) is 3.53. The van der Waals surface area contributed by atoms with Crippen LogP contribution >= 0.6 is 11.3 Å². The molecule has 0 unspecified atom stereocenters. The second kappa shape index (κ2) is 7.36. The Balaban J connectivity index is 1.89. The number of fused-ring (bicyclic) bond motifs is 1. The van der Waals surface area contributed by atoms with E-state index in [1.54, 1.807) is 24.3 Å². The number of alkyl halides is 3. The van der Waals surface area contributed by atoms with Gasteiger partial charge in [-0.2, -0.15) is 13.2 Å². The van der Waals surface area contributed by atoms with Crippen molar-refractivity contribution in [3.8, 4) is 11.1 Å².